The first-order chi connectivity index (χ1) is 14.7. The van der Waals surface area contributed by atoms with Crippen LogP contribution in [0.5, 0.6) is 0 Å². The topological polar surface area (TPSA) is 73.3 Å². The van der Waals surface area contributed by atoms with Gasteiger partial charge in [-0.25, -0.2) is 0 Å². The van der Waals surface area contributed by atoms with Gasteiger partial charge in [0.2, 0.25) is 5.91 Å². The van der Waals surface area contributed by atoms with Crippen LogP contribution in [0.4, 0.5) is 0 Å². The molecule has 4 rings (SSSR count). The Kier molecular flexibility index (Phi) is 5.96. The molecule has 0 saturated carbocycles. The first-order valence-corrected chi connectivity index (χ1v) is 12.5. The molecule has 7 nitrogen and oxygen atoms in total. The molecule has 1 amide bonds. The van der Waals surface area contributed by atoms with Crippen LogP contribution in [0.2, 0.25) is 0 Å². The number of hydrogen-bond donors (Lipinski definition) is 0. The summed E-state index contributed by atoms with van der Waals surface area (Å²) in [5.74, 6) is 0.803. The van der Waals surface area contributed by atoms with Crippen molar-refractivity contribution in [2.24, 2.45) is 10.3 Å². The number of carbonyl (C=O) groups is 1. The van der Waals surface area contributed by atoms with E-state index in [1.807, 2.05) is 48.8 Å². The Bertz CT molecular complexity index is 1040. The van der Waals surface area contributed by atoms with Crippen LogP contribution in [0, 0.1) is 19.8 Å². The smallest absolute Gasteiger partial charge is 0.285 e. The molecule has 3 heterocycles. The number of aryl methyl sites for hydroxylation is 2. The second kappa shape index (κ2) is 8.39. The Labute approximate surface area is 185 Å². The van der Waals surface area contributed by atoms with Crippen molar-refractivity contribution in [3.8, 4) is 0 Å². The Morgan fingerprint density at radius 1 is 0.968 bits per heavy atom. The molecule has 8 heteroatoms. The van der Waals surface area contributed by atoms with Crippen molar-refractivity contribution in [3.63, 3.8) is 0 Å². The maximum atomic E-state index is 12.9. The summed E-state index contributed by atoms with van der Waals surface area (Å²) >= 11 is 0. The molecule has 0 aromatic heterocycles. The van der Waals surface area contributed by atoms with Gasteiger partial charge in [0.1, 0.15) is 10.7 Å². The van der Waals surface area contributed by atoms with E-state index in [0.29, 0.717) is 35.0 Å². The summed E-state index contributed by atoms with van der Waals surface area (Å²) in [6.07, 6.45) is 1.47. The molecular weight excluding hydrogens is 412 g/mol. The molecule has 0 spiro atoms. The molecule has 0 atom stereocenters. The lowest BCUT2D eigenvalue weighted by atomic mass is 9.94. The summed E-state index contributed by atoms with van der Waals surface area (Å²) in [5, 5.41) is 0. The van der Waals surface area contributed by atoms with Crippen LogP contribution in [0.3, 0.4) is 0 Å². The lowest BCUT2D eigenvalue weighted by molar-refractivity contribution is -0.138. The average molecular weight is 445 g/mol. The molecule has 0 N–H and O–H groups in total. The minimum atomic E-state index is -3.72. The highest BCUT2D eigenvalue weighted by molar-refractivity contribution is 8.00. The Balaban J connectivity index is 1.47. The van der Waals surface area contributed by atoms with Crippen LogP contribution in [-0.4, -0.2) is 81.2 Å². The molecule has 0 radical (unpaired) electrons. The summed E-state index contributed by atoms with van der Waals surface area (Å²) in [7, 11) is -1.64. The molecule has 2 fully saturated rings. The van der Waals surface area contributed by atoms with Crippen molar-refractivity contribution < 1.29 is 13.2 Å². The maximum Gasteiger partial charge on any atom is 0.285 e. The van der Waals surface area contributed by atoms with Crippen LogP contribution < -0.4 is 0 Å². The van der Waals surface area contributed by atoms with Gasteiger partial charge in [-0.05, 0) is 57.4 Å². The molecular formula is C23H32N4O3S. The first kappa shape index (κ1) is 22.0. The predicted octanol–water partition coefficient (Wildman–Crippen LogP) is 2.26. The van der Waals surface area contributed by atoms with Crippen LogP contribution >= 0.6 is 0 Å². The van der Waals surface area contributed by atoms with E-state index in [-0.39, 0.29) is 11.8 Å². The lowest BCUT2D eigenvalue weighted by Crippen LogP contribution is -2.51. The molecule has 1 aromatic rings. The Morgan fingerprint density at radius 2 is 1.61 bits per heavy atom. The molecule has 3 aliphatic rings. The van der Waals surface area contributed by atoms with Crippen molar-refractivity contribution in [3.05, 3.63) is 40.5 Å². The Morgan fingerprint density at radius 3 is 2.23 bits per heavy atom. The largest absolute Gasteiger partial charge is 0.356 e. The number of piperidine rings is 1. The fourth-order valence-corrected chi connectivity index (χ4v) is 6.16. The molecule has 1 aromatic carbocycles. The summed E-state index contributed by atoms with van der Waals surface area (Å²) in [6, 6.07) is 5.73. The van der Waals surface area contributed by atoms with Crippen molar-refractivity contribution >= 4 is 26.7 Å². The minimum Gasteiger partial charge on any atom is -0.356 e. The van der Waals surface area contributed by atoms with Crippen molar-refractivity contribution in [1.82, 2.24) is 14.7 Å². The highest BCUT2D eigenvalue weighted by Gasteiger charge is 2.36. The van der Waals surface area contributed by atoms with Crippen molar-refractivity contribution in [2.45, 2.75) is 33.6 Å². The summed E-state index contributed by atoms with van der Waals surface area (Å²) < 4.78 is 29.9. The van der Waals surface area contributed by atoms with E-state index in [1.54, 1.807) is 0 Å². The zero-order valence-corrected chi connectivity index (χ0v) is 19.7. The predicted molar refractivity (Wildman–Crippen MR) is 123 cm³/mol. The first-order valence-electron chi connectivity index (χ1n) is 11.0. The van der Waals surface area contributed by atoms with Gasteiger partial charge in [0, 0.05) is 50.8 Å². The summed E-state index contributed by atoms with van der Waals surface area (Å²) in [4.78, 5) is 19.5. The summed E-state index contributed by atoms with van der Waals surface area (Å²) in [6.45, 7) is 10.6. The van der Waals surface area contributed by atoms with E-state index in [9.17, 15) is 13.2 Å². The quantitative estimate of drug-likeness (QED) is 0.700. The van der Waals surface area contributed by atoms with Gasteiger partial charge < -0.3 is 14.7 Å². The van der Waals surface area contributed by atoms with Crippen molar-refractivity contribution in [2.75, 3.05) is 46.3 Å². The number of likely N-dealkylation sites (N-methyl/N-ethyl adjacent to an activating group) is 1. The van der Waals surface area contributed by atoms with Gasteiger partial charge in [0.05, 0.1) is 0 Å². The van der Waals surface area contributed by atoms with E-state index >= 15 is 0 Å². The molecule has 0 unspecified atom stereocenters. The number of hydrogen-bond acceptors (Lipinski definition) is 5. The minimum absolute atomic E-state index is 0.0155. The fraction of sp³-hybridized carbons (Fsp3) is 0.565. The number of rotatable bonds is 2. The molecule has 2 saturated heterocycles. The number of sulfonamides is 1. The number of nitrogens with zero attached hydrogens (tertiary/aromatic N) is 4. The molecule has 0 aliphatic carbocycles. The van der Waals surface area contributed by atoms with Crippen LogP contribution in [0.25, 0.3) is 4.91 Å². The number of benzene rings is 1. The van der Waals surface area contributed by atoms with Gasteiger partial charge in [0.25, 0.3) is 10.0 Å². The van der Waals surface area contributed by atoms with E-state index in [2.05, 4.69) is 16.3 Å². The van der Waals surface area contributed by atoms with E-state index in [0.717, 1.165) is 50.1 Å². The maximum absolute atomic E-state index is 12.9. The number of amidine groups is 1. The van der Waals surface area contributed by atoms with Crippen LogP contribution in [0.15, 0.2) is 28.2 Å². The standard InChI is InChI=1S/C23H32N4O3S/c1-16-5-6-20(15-17(16)2)21-18(3)22(24-31(21,29)30)26-9-7-19(8-10-26)23(28)27-13-11-25(4)12-14-27/h5-6,15,19H,7-14H2,1-4H3. The third kappa shape index (κ3) is 4.28. The third-order valence-corrected chi connectivity index (χ3v) is 8.34. The van der Waals surface area contributed by atoms with Crippen molar-refractivity contribution in [1.29, 1.82) is 0 Å². The molecule has 31 heavy (non-hydrogen) atoms. The zero-order valence-electron chi connectivity index (χ0n) is 18.9. The lowest BCUT2D eigenvalue weighted by Gasteiger charge is -2.38. The molecule has 168 valence electrons. The third-order valence-electron chi connectivity index (χ3n) is 6.87. The number of likely N-dealkylation sites (tertiary alicyclic amines) is 1. The zero-order chi connectivity index (χ0) is 22.3. The van der Waals surface area contributed by atoms with Crippen LogP contribution in [-0.2, 0) is 14.8 Å². The second-order valence-electron chi connectivity index (χ2n) is 9.03. The van der Waals surface area contributed by atoms with Gasteiger partial charge in [-0.15, -0.1) is 4.40 Å². The second-order valence-corrected chi connectivity index (χ2v) is 10.6. The SMILES string of the molecule is CC1=C(c2ccc(C)c(C)c2)S(=O)(=O)N=C1N1CCC(C(=O)N2CCN(C)CC2)CC1. The Hall–Kier alpha value is -2.19. The summed E-state index contributed by atoms with van der Waals surface area (Å²) in [5.41, 5.74) is 3.59. The van der Waals surface area contributed by atoms with E-state index in [1.165, 1.54) is 0 Å². The van der Waals surface area contributed by atoms with Gasteiger partial charge >= 0.3 is 0 Å². The number of piperazine rings is 1. The highest BCUT2D eigenvalue weighted by Crippen LogP contribution is 2.35. The monoisotopic (exact) mass is 444 g/mol. The fourth-order valence-electron chi connectivity index (χ4n) is 4.69. The highest BCUT2D eigenvalue weighted by atomic mass is 32.2. The van der Waals surface area contributed by atoms with Gasteiger partial charge in [-0.1, -0.05) is 18.2 Å². The van der Waals surface area contributed by atoms with Gasteiger partial charge in [0.15, 0.2) is 0 Å². The van der Waals surface area contributed by atoms with E-state index < -0.39 is 10.0 Å². The van der Waals surface area contributed by atoms with Gasteiger partial charge in [-0.3, -0.25) is 4.79 Å². The normalized spacial score (nSPS) is 22.8. The van der Waals surface area contributed by atoms with Crippen LogP contribution in [0.1, 0.15) is 36.5 Å². The molecule has 0 bridgehead atoms. The van der Waals surface area contributed by atoms with Gasteiger partial charge in [-0.2, -0.15) is 8.42 Å². The number of carbonyl (C=O) groups excluding carboxylic acids is 1. The molecule has 3 aliphatic heterocycles. The average Bonchev–Trinajstić information content (AvgIpc) is 2.99. The van der Waals surface area contributed by atoms with E-state index in [4.69, 9.17) is 0 Å². The number of amides is 1.